The van der Waals surface area contributed by atoms with Gasteiger partial charge in [0, 0.05) is 22.5 Å². The molecule has 4 nitrogen and oxygen atoms in total. The van der Waals surface area contributed by atoms with Crippen LogP contribution in [0.3, 0.4) is 0 Å². The van der Waals surface area contributed by atoms with Gasteiger partial charge in [-0.05, 0) is 49.1 Å². The number of thioether (sulfide) groups is 1. The summed E-state index contributed by atoms with van der Waals surface area (Å²) in [6.45, 7) is 3.46. The summed E-state index contributed by atoms with van der Waals surface area (Å²) in [6, 6.07) is 8.78. The molecule has 3 aromatic rings. The van der Waals surface area contributed by atoms with Crippen LogP contribution in [-0.4, -0.2) is 40.5 Å². The van der Waals surface area contributed by atoms with Crippen molar-refractivity contribution in [1.29, 1.82) is 0 Å². The predicted octanol–water partition coefficient (Wildman–Crippen LogP) is 6.54. The first kappa shape index (κ1) is 25.4. The van der Waals surface area contributed by atoms with Gasteiger partial charge in [-0.25, -0.2) is 4.39 Å². The highest BCUT2D eigenvalue weighted by Crippen LogP contribution is 2.48. The summed E-state index contributed by atoms with van der Waals surface area (Å²) >= 11 is 6.82. The standard InChI is InChI=1S/C23H23ClF4N2O2S/c1-4-33-12-22(31,23(26,27)28)21(19-18(32-3)11-10-15(24)20(19)25)30-17-7-5-6-16-14(17)9-8-13(2)29-16/h5-11,21,30-31H,4,12H2,1-3H3. The van der Waals surface area contributed by atoms with Crippen LogP contribution in [0.1, 0.15) is 24.2 Å². The molecule has 1 heterocycles. The number of aryl methyl sites for hydroxylation is 1. The molecule has 0 saturated carbocycles. The van der Waals surface area contributed by atoms with Gasteiger partial charge in [0.2, 0.25) is 0 Å². The van der Waals surface area contributed by atoms with E-state index >= 15 is 4.39 Å². The SMILES string of the molecule is CCSCC(O)(C(Nc1cccc2nc(C)ccc12)c1c(OC)ccc(Cl)c1F)C(F)(F)F. The highest BCUT2D eigenvalue weighted by molar-refractivity contribution is 7.99. The Morgan fingerprint density at radius 3 is 2.55 bits per heavy atom. The number of hydrogen-bond donors (Lipinski definition) is 2. The Balaban J connectivity index is 2.29. The predicted molar refractivity (Wildman–Crippen MR) is 125 cm³/mol. The fraction of sp³-hybridized carbons (Fsp3) is 0.348. The van der Waals surface area contributed by atoms with Crippen LogP contribution in [-0.2, 0) is 0 Å². The Kier molecular flexibility index (Phi) is 7.65. The molecule has 0 amide bonds. The van der Waals surface area contributed by atoms with Gasteiger partial charge in [0.05, 0.1) is 29.3 Å². The summed E-state index contributed by atoms with van der Waals surface area (Å²) in [7, 11) is 1.21. The van der Waals surface area contributed by atoms with E-state index in [0.717, 1.165) is 17.5 Å². The first-order chi connectivity index (χ1) is 15.5. The summed E-state index contributed by atoms with van der Waals surface area (Å²) in [5.41, 5.74) is -2.36. The molecule has 0 aliphatic carbocycles. The minimum atomic E-state index is -5.11. The third kappa shape index (κ3) is 5.00. The second-order valence-electron chi connectivity index (χ2n) is 7.44. The van der Waals surface area contributed by atoms with Crippen molar-refractivity contribution in [3.8, 4) is 5.75 Å². The second-order valence-corrected chi connectivity index (χ2v) is 9.12. The average Bonchev–Trinajstić information content (AvgIpc) is 2.76. The van der Waals surface area contributed by atoms with Crippen molar-refractivity contribution in [1.82, 2.24) is 4.98 Å². The monoisotopic (exact) mass is 502 g/mol. The number of methoxy groups -OCH3 is 1. The zero-order chi connectivity index (χ0) is 24.4. The normalized spacial score (nSPS) is 14.7. The minimum Gasteiger partial charge on any atom is -0.496 e. The topological polar surface area (TPSA) is 54.4 Å². The van der Waals surface area contributed by atoms with Crippen LogP contribution < -0.4 is 10.1 Å². The van der Waals surface area contributed by atoms with Gasteiger partial charge >= 0.3 is 6.18 Å². The molecule has 2 atom stereocenters. The van der Waals surface area contributed by atoms with E-state index in [0.29, 0.717) is 16.7 Å². The molecule has 2 unspecified atom stereocenters. The molecular formula is C23H23ClF4N2O2S. The lowest BCUT2D eigenvalue weighted by molar-refractivity contribution is -0.256. The van der Waals surface area contributed by atoms with Gasteiger partial charge in [0.15, 0.2) is 11.4 Å². The van der Waals surface area contributed by atoms with E-state index in [1.54, 1.807) is 44.2 Å². The molecule has 0 radical (unpaired) electrons. The van der Waals surface area contributed by atoms with Crippen molar-refractivity contribution >= 4 is 40.0 Å². The van der Waals surface area contributed by atoms with E-state index in [1.165, 1.54) is 19.2 Å². The van der Waals surface area contributed by atoms with E-state index in [1.807, 2.05) is 0 Å². The quantitative estimate of drug-likeness (QED) is 0.342. The maximum atomic E-state index is 15.3. The van der Waals surface area contributed by atoms with Crippen LogP contribution in [0, 0.1) is 12.7 Å². The summed E-state index contributed by atoms with van der Waals surface area (Å²) in [5, 5.41) is 14.0. The highest BCUT2D eigenvalue weighted by Gasteiger charge is 2.60. The number of fused-ring (bicyclic) bond motifs is 1. The third-order valence-corrected chi connectivity index (χ3v) is 6.61. The Morgan fingerprint density at radius 2 is 1.91 bits per heavy atom. The summed E-state index contributed by atoms with van der Waals surface area (Å²) in [4.78, 5) is 4.39. The van der Waals surface area contributed by atoms with E-state index < -0.39 is 35.0 Å². The minimum absolute atomic E-state index is 0.173. The molecule has 2 aromatic carbocycles. The number of nitrogens with one attached hydrogen (secondary N) is 1. The Bertz CT molecular complexity index is 1150. The number of rotatable bonds is 8. The largest absolute Gasteiger partial charge is 0.496 e. The van der Waals surface area contributed by atoms with Gasteiger partial charge in [-0.1, -0.05) is 24.6 Å². The van der Waals surface area contributed by atoms with Crippen LogP contribution in [0.2, 0.25) is 5.02 Å². The maximum Gasteiger partial charge on any atom is 0.420 e. The fourth-order valence-electron chi connectivity index (χ4n) is 3.55. The molecule has 0 fully saturated rings. The van der Waals surface area contributed by atoms with Gasteiger partial charge in [0.1, 0.15) is 5.75 Å². The van der Waals surface area contributed by atoms with E-state index in [-0.39, 0.29) is 16.5 Å². The Labute approximate surface area is 198 Å². The molecular weight excluding hydrogens is 480 g/mol. The lowest BCUT2D eigenvalue weighted by atomic mass is 9.87. The summed E-state index contributed by atoms with van der Waals surface area (Å²) < 4.78 is 63.6. The van der Waals surface area contributed by atoms with Gasteiger partial charge < -0.3 is 15.2 Å². The molecule has 0 saturated heterocycles. The smallest absolute Gasteiger partial charge is 0.420 e. The number of halogens is 5. The average molecular weight is 503 g/mol. The van der Waals surface area contributed by atoms with Crippen molar-refractivity contribution in [3.63, 3.8) is 0 Å². The maximum absolute atomic E-state index is 15.3. The van der Waals surface area contributed by atoms with Crippen molar-refractivity contribution < 1.29 is 27.4 Å². The Morgan fingerprint density at radius 1 is 1.18 bits per heavy atom. The molecule has 0 spiro atoms. The van der Waals surface area contributed by atoms with Crippen LogP contribution >= 0.6 is 23.4 Å². The lowest BCUT2D eigenvalue weighted by Gasteiger charge is -2.39. The van der Waals surface area contributed by atoms with Gasteiger partial charge in [0.25, 0.3) is 0 Å². The summed E-state index contributed by atoms with van der Waals surface area (Å²) in [6.07, 6.45) is -5.11. The number of hydrogen-bond acceptors (Lipinski definition) is 5. The number of pyridine rings is 1. The highest BCUT2D eigenvalue weighted by atomic mass is 35.5. The first-order valence-electron chi connectivity index (χ1n) is 10.0. The lowest BCUT2D eigenvalue weighted by Crippen LogP contribution is -2.55. The number of ether oxygens (including phenoxy) is 1. The Hall–Kier alpha value is -2.23. The van der Waals surface area contributed by atoms with E-state index in [4.69, 9.17) is 16.3 Å². The van der Waals surface area contributed by atoms with Crippen molar-refractivity contribution in [2.24, 2.45) is 0 Å². The molecule has 178 valence electrons. The third-order valence-electron chi connectivity index (χ3n) is 5.27. The molecule has 33 heavy (non-hydrogen) atoms. The number of aliphatic hydroxyl groups is 1. The van der Waals surface area contributed by atoms with E-state index in [9.17, 15) is 18.3 Å². The number of alkyl halides is 3. The van der Waals surface area contributed by atoms with Crippen molar-refractivity contribution in [2.75, 3.05) is 23.9 Å². The van der Waals surface area contributed by atoms with Gasteiger partial charge in [-0.15, -0.1) is 0 Å². The second kappa shape index (κ2) is 9.95. The molecule has 0 aliphatic heterocycles. The van der Waals surface area contributed by atoms with Gasteiger partial charge in [-0.2, -0.15) is 24.9 Å². The molecule has 2 N–H and O–H groups in total. The summed E-state index contributed by atoms with van der Waals surface area (Å²) in [5.74, 6) is -1.70. The van der Waals surface area contributed by atoms with Crippen LogP contribution in [0.15, 0.2) is 42.5 Å². The molecule has 0 bridgehead atoms. The molecule has 3 rings (SSSR count). The number of anilines is 1. The fourth-order valence-corrected chi connectivity index (χ4v) is 4.56. The molecule has 1 aromatic heterocycles. The van der Waals surface area contributed by atoms with E-state index in [2.05, 4.69) is 10.3 Å². The zero-order valence-corrected chi connectivity index (χ0v) is 19.7. The number of nitrogens with zero attached hydrogens (tertiary/aromatic N) is 1. The molecule has 10 heteroatoms. The zero-order valence-electron chi connectivity index (χ0n) is 18.1. The van der Waals surface area contributed by atoms with Crippen molar-refractivity contribution in [2.45, 2.75) is 31.7 Å². The van der Waals surface area contributed by atoms with Crippen LogP contribution in [0.5, 0.6) is 5.75 Å². The first-order valence-corrected chi connectivity index (χ1v) is 11.6. The van der Waals surface area contributed by atoms with Crippen LogP contribution in [0.25, 0.3) is 10.9 Å². The van der Waals surface area contributed by atoms with Crippen molar-refractivity contribution in [3.05, 3.63) is 64.6 Å². The number of aromatic nitrogens is 1. The van der Waals surface area contributed by atoms with Crippen LogP contribution in [0.4, 0.5) is 23.2 Å². The molecule has 0 aliphatic rings. The number of benzene rings is 2. The van der Waals surface area contributed by atoms with Gasteiger partial charge in [-0.3, -0.25) is 4.98 Å².